The summed E-state index contributed by atoms with van der Waals surface area (Å²) in [5.74, 6) is -0.133. The Kier molecular flexibility index (Phi) is 4.77. The maximum absolute atomic E-state index is 12.7. The summed E-state index contributed by atoms with van der Waals surface area (Å²) in [7, 11) is 0. The topological polar surface area (TPSA) is 59.8 Å². The predicted molar refractivity (Wildman–Crippen MR) is 100 cm³/mol. The van der Waals surface area contributed by atoms with Crippen LogP contribution in [-0.2, 0) is 0 Å². The van der Waals surface area contributed by atoms with Gasteiger partial charge in [-0.3, -0.25) is 14.5 Å². The van der Waals surface area contributed by atoms with Gasteiger partial charge in [-0.1, -0.05) is 23.7 Å². The summed E-state index contributed by atoms with van der Waals surface area (Å²) in [4.78, 5) is 17.2. The van der Waals surface area contributed by atoms with Crippen molar-refractivity contribution in [1.29, 1.82) is 0 Å². The average molecular weight is 357 g/mol. The van der Waals surface area contributed by atoms with Crippen molar-refractivity contribution in [2.75, 3.05) is 6.54 Å². The van der Waals surface area contributed by atoms with Gasteiger partial charge in [0.2, 0.25) is 0 Å². The van der Waals surface area contributed by atoms with Gasteiger partial charge in [0.15, 0.2) is 0 Å². The quantitative estimate of drug-likeness (QED) is 0.768. The van der Waals surface area contributed by atoms with E-state index in [-0.39, 0.29) is 11.9 Å². The molecule has 3 rings (SSSR count). The zero-order valence-electron chi connectivity index (χ0n) is 14.8. The van der Waals surface area contributed by atoms with Crippen LogP contribution in [0.4, 0.5) is 0 Å². The van der Waals surface area contributed by atoms with Crippen molar-refractivity contribution in [2.45, 2.75) is 33.7 Å². The fraction of sp³-hybridized carbons (Fsp3) is 0.316. The maximum atomic E-state index is 12.7. The van der Waals surface area contributed by atoms with Crippen LogP contribution in [0.25, 0.3) is 10.9 Å². The molecule has 1 N–H and O–H groups in total. The minimum atomic E-state index is -0.133. The third-order valence-corrected chi connectivity index (χ3v) is 4.49. The number of nitrogens with one attached hydrogen (secondary N) is 1. The van der Waals surface area contributed by atoms with E-state index in [4.69, 9.17) is 11.6 Å². The predicted octanol–water partition coefficient (Wildman–Crippen LogP) is 4.00. The van der Waals surface area contributed by atoms with Crippen LogP contribution in [0.3, 0.4) is 0 Å². The SMILES string of the molecule is Cc1cc(C(=O)NC[C@H](C)n2nc(C)cc2C)c2cccc(Cl)c2n1. The van der Waals surface area contributed by atoms with Gasteiger partial charge in [0.05, 0.1) is 27.8 Å². The highest BCUT2D eigenvalue weighted by Crippen LogP contribution is 2.25. The molecule has 0 aliphatic rings. The van der Waals surface area contributed by atoms with Crippen LogP contribution in [-0.4, -0.2) is 27.2 Å². The Morgan fingerprint density at radius 1 is 1.24 bits per heavy atom. The van der Waals surface area contributed by atoms with E-state index in [1.165, 1.54) is 0 Å². The van der Waals surface area contributed by atoms with E-state index in [0.29, 0.717) is 22.6 Å². The molecule has 6 heteroatoms. The molecule has 0 spiro atoms. The van der Waals surface area contributed by atoms with Crippen LogP contribution in [0.15, 0.2) is 30.3 Å². The lowest BCUT2D eigenvalue weighted by molar-refractivity contribution is 0.0949. The molecule has 2 heterocycles. The van der Waals surface area contributed by atoms with Crippen LogP contribution in [0, 0.1) is 20.8 Å². The molecule has 0 bridgehead atoms. The number of fused-ring (bicyclic) bond motifs is 1. The third-order valence-electron chi connectivity index (χ3n) is 4.18. The maximum Gasteiger partial charge on any atom is 0.252 e. The van der Waals surface area contributed by atoms with Gasteiger partial charge in [-0.15, -0.1) is 0 Å². The fourth-order valence-electron chi connectivity index (χ4n) is 3.04. The van der Waals surface area contributed by atoms with E-state index in [0.717, 1.165) is 22.5 Å². The van der Waals surface area contributed by atoms with Gasteiger partial charge in [0, 0.05) is 23.3 Å². The molecule has 3 aromatic rings. The number of benzene rings is 1. The largest absolute Gasteiger partial charge is 0.350 e. The average Bonchev–Trinajstić information content (AvgIpc) is 2.91. The van der Waals surface area contributed by atoms with Gasteiger partial charge in [-0.05, 0) is 45.9 Å². The molecule has 0 fully saturated rings. The van der Waals surface area contributed by atoms with Gasteiger partial charge in [-0.2, -0.15) is 5.10 Å². The normalized spacial score (nSPS) is 12.4. The van der Waals surface area contributed by atoms with Crippen molar-refractivity contribution in [3.63, 3.8) is 0 Å². The highest BCUT2D eigenvalue weighted by molar-refractivity contribution is 6.35. The molecule has 1 aromatic carbocycles. The molecule has 0 unspecified atom stereocenters. The first-order valence-corrected chi connectivity index (χ1v) is 8.61. The highest BCUT2D eigenvalue weighted by Gasteiger charge is 2.16. The molecule has 1 amide bonds. The van der Waals surface area contributed by atoms with Crippen molar-refractivity contribution in [2.24, 2.45) is 0 Å². The Morgan fingerprint density at radius 2 is 2.00 bits per heavy atom. The Labute approximate surface area is 152 Å². The van der Waals surface area contributed by atoms with Gasteiger partial charge in [-0.25, -0.2) is 0 Å². The molecular weight excluding hydrogens is 336 g/mol. The summed E-state index contributed by atoms with van der Waals surface area (Å²) in [5, 5.41) is 8.78. The van der Waals surface area contributed by atoms with Gasteiger partial charge in [0.1, 0.15) is 0 Å². The first-order valence-electron chi connectivity index (χ1n) is 8.23. The van der Waals surface area contributed by atoms with Crippen LogP contribution >= 0.6 is 11.6 Å². The molecule has 25 heavy (non-hydrogen) atoms. The molecule has 5 nitrogen and oxygen atoms in total. The molecule has 2 aromatic heterocycles. The van der Waals surface area contributed by atoms with Crippen LogP contribution < -0.4 is 5.32 Å². The van der Waals surface area contributed by atoms with E-state index in [2.05, 4.69) is 15.4 Å². The van der Waals surface area contributed by atoms with Gasteiger partial charge >= 0.3 is 0 Å². The first-order chi connectivity index (χ1) is 11.9. The number of carbonyl (C=O) groups excluding carboxylic acids is 1. The van der Waals surface area contributed by atoms with Crippen LogP contribution in [0.5, 0.6) is 0 Å². The number of amides is 1. The standard InChI is InChI=1S/C19H21ClN4O/c1-11-9-16(15-6-5-7-17(20)18(15)22-11)19(25)21-10-14(4)24-13(3)8-12(2)23-24/h5-9,14H,10H2,1-4H3,(H,21,25)/t14-/m0/s1. The second-order valence-corrected chi connectivity index (χ2v) is 6.79. The molecule has 0 aliphatic heterocycles. The molecule has 130 valence electrons. The second kappa shape index (κ2) is 6.84. The smallest absolute Gasteiger partial charge is 0.252 e. The van der Waals surface area contributed by atoms with E-state index < -0.39 is 0 Å². The Morgan fingerprint density at radius 3 is 2.68 bits per heavy atom. The van der Waals surface area contributed by atoms with Crippen molar-refractivity contribution in [1.82, 2.24) is 20.1 Å². The summed E-state index contributed by atoms with van der Waals surface area (Å²) >= 11 is 6.23. The van der Waals surface area contributed by atoms with E-state index in [1.807, 2.05) is 50.6 Å². The lowest BCUT2D eigenvalue weighted by atomic mass is 10.1. The molecule has 0 saturated carbocycles. The number of pyridine rings is 1. The lowest BCUT2D eigenvalue weighted by Gasteiger charge is -2.16. The van der Waals surface area contributed by atoms with Crippen molar-refractivity contribution in [3.05, 3.63) is 58.0 Å². The molecule has 1 atom stereocenters. The highest BCUT2D eigenvalue weighted by atomic mass is 35.5. The van der Waals surface area contributed by atoms with Gasteiger partial charge < -0.3 is 5.32 Å². The monoisotopic (exact) mass is 356 g/mol. The number of rotatable bonds is 4. The summed E-state index contributed by atoms with van der Waals surface area (Å²) in [5.41, 5.74) is 4.06. The Hall–Kier alpha value is -2.40. The first kappa shape index (κ1) is 17.4. The Bertz CT molecular complexity index is 948. The molecular formula is C19H21ClN4O. The number of aryl methyl sites for hydroxylation is 3. The molecule has 0 radical (unpaired) electrons. The zero-order valence-corrected chi connectivity index (χ0v) is 15.6. The van der Waals surface area contributed by atoms with Crippen LogP contribution in [0.1, 0.15) is 40.4 Å². The minimum Gasteiger partial charge on any atom is -0.350 e. The van der Waals surface area contributed by atoms with Crippen molar-refractivity contribution < 1.29 is 4.79 Å². The third kappa shape index (κ3) is 3.51. The summed E-state index contributed by atoms with van der Waals surface area (Å²) in [6, 6.07) is 9.37. The van der Waals surface area contributed by atoms with E-state index in [9.17, 15) is 4.79 Å². The van der Waals surface area contributed by atoms with Crippen molar-refractivity contribution >= 4 is 28.4 Å². The number of hydrogen-bond donors (Lipinski definition) is 1. The minimum absolute atomic E-state index is 0.0652. The summed E-state index contributed by atoms with van der Waals surface area (Å²) < 4.78 is 1.93. The number of aromatic nitrogens is 3. The van der Waals surface area contributed by atoms with Gasteiger partial charge in [0.25, 0.3) is 5.91 Å². The zero-order chi connectivity index (χ0) is 18.1. The number of para-hydroxylation sites is 1. The van der Waals surface area contributed by atoms with E-state index in [1.54, 1.807) is 12.1 Å². The van der Waals surface area contributed by atoms with E-state index >= 15 is 0 Å². The summed E-state index contributed by atoms with van der Waals surface area (Å²) in [6.45, 7) is 8.36. The lowest BCUT2D eigenvalue weighted by Crippen LogP contribution is -2.30. The fourth-order valence-corrected chi connectivity index (χ4v) is 3.26. The molecule has 0 saturated heterocycles. The van der Waals surface area contributed by atoms with Crippen molar-refractivity contribution in [3.8, 4) is 0 Å². The number of carbonyl (C=O) groups is 1. The molecule has 0 aliphatic carbocycles. The number of halogens is 1. The number of nitrogens with zero attached hydrogens (tertiary/aromatic N) is 3. The second-order valence-electron chi connectivity index (χ2n) is 6.38. The Balaban J connectivity index is 1.83. The number of hydrogen-bond acceptors (Lipinski definition) is 3. The van der Waals surface area contributed by atoms with Crippen LogP contribution in [0.2, 0.25) is 5.02 Å². The summed E-state index contributed by atoms with van der Waals surface area (Å²) in [6.07, 6.45) is 0.